The monoisotopic (exact) mass is 459 g/mol. The van der Waals surface area contributed by atoms with Crippen molar-refractivity contribution in [3.8, 4) is 0 Å². The fraction of sp³-hybridized carbons (Fsp3) is 0.880. The highest BCUT2D eigenvalue weighted by Crippen LogP contribution is 2.10. The topological polar surface area (TPSA) is 75.2 Å². The molecule has 0 bridgehead atoms. The number of hydrogen-bond acceptors (Lipinski definition) is 6. The molecular weight excluding hydrogens is 410 g/mol. The average Bonchev–Trinajstić information content (AvgIpc) is 2.80. The van der Waals surface area contributed by atoms with Crippen molar-refractivity contribution in [1.29, 1.82) is 0 Å². The Morgan fingerprint density at radius 2 is 1.09 bits per heavy atom. The van der Waals surface area contributed by atoms with Crippen LogP contribution in [0.4, 0.5) is 0 Å². The zero-order valence-electron chi connectivity index (χ0n) is 20.6. The van der Waals surface area contributed by atoms with Crippen LogP contribution in [0.3, 0.4) is 0 Å². The molecule has 32 heavy (non-hydrogen) atoms. The number of nitrogens with one attached hydrogen (secondary N) is 1. The number of rotatable bonds is 27. The maximum absolute atomic E-state index is 11.8. The Morgan fingerprint density at radius 1 is 0.656 bits per heavy atom. The highest BCUT2D eigenvalue weighted by atomic mass is 16.6. The minimum absolute atomic E-state index is 0.123. The van der Waals surface area contributed by atoms with Gasteiger partial charge in [-0.2, -0.15) is 0 Å². The summed E-state index contributed by atoms with van der Waals surface area (Å²) in [5.74, 6) is 0.123. The van der Waals surface area contributed by atoms with E-state index in [2.05, 4.69) is 18.8 Å². The molecule has 0 rings (SSSR count). The van der Waals surface area contributed by atoms with Gasteiger partial charge in [-0.05, 0) is 6.42 Å². The molecule has 1 N–H and O–H groups in total. The molecule has 0 aromatic heterocycles. The van der Waals surface area contributed by atoms with Crippen molar-refractivity contribution < 1.29 is 28.5 Å². The fourth-order valence-corrected chi connectivity index (χ4v) is 2.99. The fourth-order valence-electron chi connectivity index (χ4n) is 2.99. The Bertz CT molecular complexity index is 395. The van der Waals surface area contributed by atoms with E-state index in [1.807, 2.05) is 0 Å². The molecule has 0 atom stereocenters. The van der Waals surface area contributed by atoms with E-state index < -0.39 is 0 Å². The molecule has 0 spiro atoms. The lowest BCUT2D eigenvalue weighted by Gasteiger charge is -2.08. The number of ether oxygens (including phenoxy) is 5. The van der Waals surface area contributed by atoms with Crippen LogP contribution >= 0.6 is 0 Å². The SMILES string of the molecule is C=CCOCCOCCOCCOCCOCCNC(=O)CCCCCCCCCCC. The Balaban J connectivity index is 3.13. The van der Waals surface area contributed by atoms with Gasteiger partial charge in [-0.25, -0.2) is 0 Å². The average molecular weight is 460 g/mol. The zero-order chi connectivity index (χ0) is 23.4. The van der Waals surface area contributed by atoms with Crippen LogP contribution in [-0.2, 0) is 28.5 Å². The van der Waals surface area contributed by atoms with Gasteiger partial charge < -0.3 is 29.0 Å². The minimum Gasteiger partial charge on any atom is -0.377 e. The van der Waals surface area contributed by atoms with Crippen LogP contribution < -0.4 is 5.32 Å². The first-order valence-corrected chi connectivity index (χ1v) is 12.6. The number of carbonyl (C=O) groups is 1. The Kier molecular flexibility index (Phi) is 27.2. The smallest absolute Gasteiger partial charge is 0.220 e. The lowest BCUT2D eigenvalue weighted by molar-refractivity contribution is -0.121. The normalized spacial score (nSPS) is 11.0. The largest absolute Gasteiger partial charge is 0.377 e. The van der Waals surface area contributed by atoms with Gasteiger partial charge in [-0.15, -0.1) is 6.58 Å². The lowest BCUT2D eigenvalue weighted by Crippen LogP contribution is -2.27. The predicted octanol–water partition coefficient (Wildman–Crippen LogP) is 4.29. The summed E-state index contributed by atoms with van der Waals surface area (Å²) in [6.45, 7) is 11.8. The van der Waals surface area contributed by atoms with Crippen LogP contribution in [0.5, 0.6) is 0 Å². The Hall–Kier alpha value is -0.990. The second-order valence-corrected chi connectivity index (χ2v) is 7.74. The van der Waals surface area contributed by atoms with Crippen molar-refractivity contribution in [2.24, 2.45) is 0 Å². The first kappa shape index (κ1) is 31.0. The molecule has 0 aliphatic rings. The number of unbranched alkanes of at least 4 members (excludes halogenated alkanes) is 8. The van der Waals surface area contributed by atoms with Gasteiger partial charge in [0.1, 0.15) is 0 Å². The first-order valence-electron chi connectivity index (χ1n) is 12.6. The van der Waals surface area contributed by atoms with E-state index in [-0.39, 0.29) is 5.91 Å². The summed E-state index contributed by atoms with van der Waals surface area (Å²) in [7, 11) is 0. The summed E-state index contributed by atoms with van der Waals surface area (Å²) in [6.07, 6.45) is 13.7. The van der Waals surface area contributed by atoms with Crippen LogP contribution in [0.15, 0.2) is 12.7 Å². The van der Waals surface area contributed by atoms with E-state index in [4.69, 9.17) is 23.7 Å². The van der Waals surface area contributed by atoms with E-state index in [0.29, 0.717) is 79.0 Å². The maximum Gasteiger partial charge on any atom is 0.220 e. The molecule has 0 heterocycles. The molecule has 0 aliphatic carbocycles. The van der Waals surface area contributed by atoms with E-state index in [9.17, 15) is 4.79 Å². The third-order valence-corrected chi connectivity index (χ3v) is 4.80. The number of amides is 1. The molecule has 0 fully saturated rings. The molecule has 7 nitrogen and oxygen atoms in total. The minimum atomic E-state index is 0.123. The second-order valence-electron chi connectivity index (χ2n) is 7.74. The molecule has 190 valence electrons. The summed E-state index contributed by atoms with van der Waals surface area (Å²) in [4.78, 5) is 11.8. The molecular formula is C25H49NO6. The van der Waals surface area contributed by atoms with Crippen LogP contribution in [-0.4, -0.2) is 78.5 Å². The van der Waals surface area contributed by atoms with Gasteiger partial charge in [-0.3, -0.25) is 4.79 Å². The highest BCUT2D eigenvalue weighted by Gasteiger charge is 2.00. The molecule has 0 aliphatic heterocycles. The standard InChI is InChI=1S/C25H49NO6/c1-3-5-6-7-8-9-10-11-12-13-25(27)26-14-16-29-18-20-31-22-24-32-23-21-30-19-17-28-15-4-2/h4H,2-3,5-24H2,1H3,(H,26,27). The summed E-state index contributed by atoms with van der Waals surface area (Å²) in [5, 5.41) is 2.91. The van der Waals surface area contributed by atoms with Crippen LogP contribution in [0.1, 0.15) is 71.1 Å². The van der Waals surface area contributed by atoms with Crippen LogP contribution in [0.25, 0.3) is 0 Å². The summed E-state index contributed by atoms with van der Waals surface area (Å²) in [5.41, 5.74) is 0. The summed E-state index contributed by atoms with van der Waals surface area (Å²) in [6, 6.07) is 0. The van der Waals surface area contributed by atoms with Crippen LogP contribution in [0.2, 0.25) is 0 Å². The van der Waals surface area contributed by atoms with E-state index in [1.54, 1.807) is 6.08 Å². The van der Waals surface area contributed by atoms with Gasteiger partial charge in [0.2, 0.25) is 5.91 Å². The van der Waals surface area contributed by atoms with Crippen molar-refractivity contribution in [2.45, 2.75) is 71.1 Å². The van der Waals surface area contributed by atoms with Gasteiger partial charge in [0.25, 0.3) is 0 Å². The van der Waals surface area contributed by atoms with Gasteiger partial charge in [0.05, 0.1) is 66.1 Å². The molecule has 0 saturated heterocycles. The number of hydrogen-bond donors (Lipinski definition) is 1. The van der Waals surface area contributed by atoms with E-state index >= 15 is 0 Å². The van der Waals surface area contributed by atoms with Gasteiger partial charge in [-0.1, -0.05) is 64.4 Å². The Labute approximate surface area is 196 Å². The van der Waals surface area contributed by atoms with Gasteiger partial charge in [0, 0.05) is 13.0 Å². The molecule has 0 aromatic rings. The molecule has 0 radical (unpaired) electrons. The first-order chi connectivity index (χ1) is 15.8. The molecule has 7 heteroatoms. The molecule has 1 amide bonds. The number of carbonyl (C=O) groups excluding carboxylic acids is 1. The lowest BCUT2D eigenvalue weighted by atomic mass is 10.1. The van der Waals surface area contributed by atoms with E-state index in [1.165, 1.54) is 44.9 Å². The molecule has 0 aromatic carbocycles. The second kappa shape index (κ2) is 28.0. The van der Waals surface area contributed by atoms with Gasteiger partial charge >= 0.3 is 0 Å². The van der Waals surface area contributed by atoms with Crippen molar-refractivity contribution in [3.63, 3.8) is 0 Å². The third-order valence-electron chi connectivity index (χ3n) is 4.80. The quantitative estimate of drug-likeness (QED) is 0.146. The van der Waals surface area contributed by atoms with Crippen molar-refractivity contribution >= 4 is 5.91 Å². The Morgan fingerprint density at radius 3 is 1.59 bits per heavy atom. The van der Waals surface area contributed by atoms with Crippen molar-refractivity contribution in [1.82, 2.24) is 5.32 Å². The third kappa shape index (κ3) is 27.0. The van der Waals surface area contributed by atoms with Crippen molar-refractivity contribution in [3.05, 3.63) is 12.7 Å². The zero-order valence-corrected chi connectivity index (χ0v) is 20.6. The highest BCUT2D eigenvalue weighted by molar-refractivity contribution is 5.75. The van der Waals surface area contributed by atoms with Crippen molar-refractivity contribution in [2.75, 3.05) is 72.6 Å². The summed E-state index contributed by atoms with van der Waals surface area (Å²) < 4.78 is 26.9. The van der Waals surface area contributed by atoms with E-state index in [0.717, 1.165) is 12.8 Å². The maximum atomic E-state index is 11.8. The molecule has 0 saturated carbocycles. The summed E-state index contributed by atoms with van der Waals surface area (Å²) >= 11 is 0. The predicted molar refractivity (Wildman–Crippen MR) is 129 cm³/mol. The van der Waals surface area contributed by atoms with Gasteiger partial charge in [0.15, 0.2) is 0 Å². The van der Waals surface area contributed by atoms with Crippen LogP contribution in [0, 0.1) is 0 Å². The molecule has 0 unspecified atom stereocenters.